The summed E-state index contributed by atoms with van der Waals surface area (Å²) in [4.78, 5) is 16.4. The predicted molar refractivity (Wildman–Crippen MR) is 87.9 cm³/mol. The molecular formula is C15H29N3O2S. The minimum absolute atomic E-state index is 0.0500. The van der Waals surface area contributed by atoms with Crippen LogP contribution in [0.4, 0.5) is 4.79 Å². The highest BCUT2D eigenvalue weighted by atomic mass is 32.2. The summed E-state index contributed by atoms with van der Waals surface area (Å²) in [6.45, 7) is 6.98. The normalized spacial score (nSPS) is 24.2. The summed E-state index contributed by atoms with van der Waals surface area (Å²) in [5, 5.41) is 3.47. The number of carbonyl (C=O) groups excluding carboxylic acids is 1. The van der Waals surface area contributed by atoms with Crippen molar-refractivity contribution in [3.05, 3.63) is 0 Å². The SMILES string of the molecule is CSC(C)CNC(=O)N1CCOC(CN(C)CC2CC2)C1. The monoisotopic (exact) mass is 315 g/mol. The van der Waals surface area contributed by atoms with Crippen LogP contribution < -0.4 is 5.32 Å². The lowest BCUT2D eigenvalue weighted by molar-refractivity contribution is -0.0277. The van der Waals surface area contributed by atoms with Crippen LogP contribution in [0, 0.1) is 5.92 Å². The summed E-state index contributed by atoms with van der Waals surface area (Å²) in [6.07, 6.45) is 4.96. The van der Waals surface area contributed by atoms with E-state index in [4.69, 9.17) is 4.74 Å². The first-order valence-electron chi connectivity index (χ1n) is 7.94. The van der Waals surface area contributed by atoms with Crippen LogP contribution in [0.5, 0.6) is 0 Å². The van der Waals surface area contributed by atoms with Gasteiger partial charge in [-0.3, -0.25) is 0 Å². The number of morpholine rings is 1. The maximum atomic E-state index is 12.2. The van der Waals surface area contributed by atoms with E-state index in [2.05, 4.69) is 30.4 Å². The lowest BCUT2D eigenvalue weighted by atomic mass is 10.2. The molecule has 1 aliphatic carbocycles. The van der Waals surface area contributed by atoms with Gasteiger partial charge in [0.1, 0.15) is 0 Å². The van der Waals surface area contributed by atoms with Gasteiger partial charge < -0.3 is 19.9 Å². The minimum Gasteiger partial charge on any atom is -0.373 e. The average molecular weight is 315 g/mol. The molecule has 2 unspecified atom stereocenters. The number of carbonyl (C=O) groups is 1. The smallest absolute Gasteiger partial charge is 0.317 e. The van der Waals surface area contributed by atoms with E-state index in [1.807, 2.05) is 4.90 Å². The van der Waals surface area contributed by atoms with Crippen molar-refractivity contribution >= 4 is 17.8 Å². The van der Waals surface area contributed by atoms with Gasteiger partial charge in [-0.1, -0.05) is 6.92 Å². The third kappa shape index (κ3) is 6.04. The van der Waals surface area contributed by atoms with Gasteiger partial charge in [-0.2, -0.15) is 11.8 Å². The highest BCUT2D eigenvalue weighted by Gasteiger charge is 2.27. The first-order chi connectivity index (χ1) is 10.1. The molecule has 2 rings (SSSR count). The number of rotatable bonds is 7. The predicted octanol–water partition coefficient (Wildman–Crippen LogP) is 1.49. The molecule has 0 aromatic rings. The fourth-order valence-electron chi connectivity index (χ4n) is 2.60. The van der Waals surface area contributed by atoms with Crippen LogP contribution in [0.3, 0.4) is 0 Å². The molecular weight excluding hydrogens is 286 g/mol. The minimum atomic E-state index is 0.0500. The molecule has 5 nitrogen and oxygen atoms in total. The summed E-state index contributed by atoms with van der Waals surface area (Å²) in [5.41, 5.74) is 0. The Morgan fingerprint density at radius 1 is 1.48 bits per heavy atom. The molecule has 0 bridgehead atoms. The van der Waals surface area contributed by atoms with Crippen molar-refractivity contribution in [1.82, 2.24) is 15.1 Å². The highest BCUT2D eigenvalue weighted by molar-refractivity contribution is 7.99. The van der Waals surface area contributed by atoms with E-state index in [-0.39, 0.29) is 12.1 Å². The zero-order chi connectivity index (χ0) is 15.2. The Hall–Kier alpha value is -0.460. The van der Waals surface area contributed by atoms with Crippen LogP contribution in [0.15, 0.2) is 0 Å². The molecule has 2 fully saturated rings. The van der Waals surface area contributed by atoms with Gasteiger partial charge in [0.25, 0.3) is 0 Å². The lowest BCUT2D eigenvalue weighted by Gasteiger charge is -2.35. The molecule has 21 heavy (non-hydrogen) atoms. The summed E-state index contributed by atoms with van der Waals surface area (Å²) in [7, 11) is 2.15. The topological polar surface area (TPSA) is 44.8 Å². The molecule has 2 aliphatic rings. The van der Waals surface area contributed by atoms with Crippen LogP contribution in [-0.4, -0.2) is 79.8 Å². The molecule has 0 spiro atoms. The molecule has 122 valence electrons. The number of nitrogens with zero attached hydrogens (tertiary/aromatic N) is 2. The fourth-order valence-corrected chi connectivity index (χ4v) is 2.85. The van der Waals surface area contributed by atoms with Gasteiger partial charge >= 0.3 is 6.03 Å². The van der Waals surface area contributed by atoms with Crippen molar-refractivity contribution < 1.29 is 9.53 Å². The molecule has 2 amide bonds. The number of likely N-dealkylation sites (N-methyl/N-ethyl adjacent to an activating group) is 1. The molecule has 2 atom stereocenters. The molecule has 1 heterocycles. The van der Waals surface area contributed by atoms with Crippen molar-refractivity contribution in [2.75, 3.05) is 52.6 Å². The summed E-state index contributed by atoms with van der Waals surface area (Å²) in [5.74, 6) is 0.894. The van der Waals surface area contributed by atoms with Crippen LogP contribution in [0.25, 0.3) is 0 Å². The zero-order valence-corrected chi connectivity index (χ0v) is 14.3. The molecule has 6 heteroatoms. The summed E-state index contributed by atoms with van der Waals surface area (Å²) in [6, 6.07) is 0.0500. The van der Waals surface area contributed by atoms with Crippen molar-refractivity contribution in [3.63, 3.8) is 0 Å². The molecule has 1 N–H and O–H groups in total. The van der Waals surface area contributed by atoms with Crippen LogP contribution in [0.1, 0.15) is 19.8 Å². The lowest BCUT2D eigenvalue weighted by Crippen LogP contribution is -2.52. The van der Waals surface area contributed by atoms with Gasteiger partial charge in [-0.15, -0.1) is 0 Å². The van der Waals surface area contributed by atoms with E-state index < -0.39 is 0 Å². The average Bonchev–Trinajstić information content (AvgIpc) is 3.28. The third-order valence-electron chi connectivity index (χ3n) is 4.15. The molecule has 0 radical (unpaired) electrons. The number of hydrogen-bond donors (Lipinski definition) is 1. The van der Waals surface area contributed by atoms with Crippen molar-refractivity contribution in [2.45, 2.75) is 31.1 Å². The Kier molecular flexibility index (Phi) is 6.64. The van der Waals surface area contributed by atoms with Gasteiger partial charge in [-0.25, -0.2) is 4.79 Å². The number of amides is 2. The number of ether oxygens (including phenoxy) is 1. The molecule has 0 aromatic heterocycles. The highest BCUT2D eigenvalue weighted by Crippen LogP contribution is 2.29. The zero-order valence-electron chi connectivity index (χ0n) is 13.5. The Balaban J connectivity index is 1.70. The van der Waals surface area contributed by atoms with E-state index in [1.54, 1.807) is 11.8 Å². The van der Waals surface area contributed by atoms with Crippen LogP contribution >= 0.6 is 11.8 Å². The second-order valence-electron chi connectivity index (χ2n) is 6.34. The Morgan fingerprint density at radius 3 is 2.90 bits per heavy atom. The number of hydrogen-bond acceptors (Lipinski definition) is 4. The van der Waals surface area contributed by atoms with Crippen molar-refractivity contribution in [3.8, 4) is 0 Å². The van der Waals surface area contributed by atoms with Gasteiger partial charge in [0.2, 0.25) is 0 Å². The van der Waals surface area contributed by atoms with Gasteiger partial charge in [0.15, 0.2) is 0 Å². The van der Waals surface area contributed by atoms with Gasteiger partial charge in [-0.05, 0) is 32.1 Å². The summed E-state index contributed by atoms with van der Waals surface area (Å²) < 4.78 is 5.81. The fraction of sp³-hybridized carbons (Fsp3) is 0.933. The molecule has 1 saturated carbocycles. The van der Waals surface area contributed by atoms with E-state index in [9.17, 15) is 4.79 Å². The second kappa shape index (κ2) is 8.25. The summed E-state index contributed by atoms with van der Waals surface area (Å²) >= 11 is 1.77. The van der Waals surface area contributed by atoms with Crippen molar-refractivity contribution in [2.24, 2.45) is 5.92 Å². The number of thioether (sulfide) groups is 1. The Morgan fingerprint density at radius 2 is 2.24 bits per heavy atom. The maximum Gasteiger partial charge on any atom is 0.317 e. The largest absolute Gasteiger partial charge is 0.373 e. The van der Waals surface area contributed by atoms with Gasteiger partial charge in [0.05, 0.1) is 12.7 Å². The number of urea groups is 1. The van der Waals surface area contributed by atoms with E-state index >= 15 is 0 Å². The molecule has 1 aliphatic heterocycles. The number of nitrogens with one attached hydrogen (secondary N) is 1. The van der Waals surface area contributed by atoms with E-state index in [1.165, 1.54) is 12.8 Å². The first-order valence-corrected chi connectivity index (χ1v) is 9.23. The first kappa shape index (κ1) is 16.9. The Bertz CT molecular complexity index is 339. The van der Waals surface area contributed by atoms with Crippen molar-refractivity contribution in [1.29, 1.82) is 0 Å². The van der Waals surface area contributed by atoms with Gasteiger partial charge in [0, 0.05) is 38.0 Å². The second-order valence-corrected chi connectivity index (χ2v) is 7.61. The maximum absolute atomic E-state index is 12.2. The Labute approximate surface area is 132 Å². The standard InChI is InChI=1S/C15H29N3O2S/c1-12(21-3)8-16-15(19)18-6-7-20-14(11-18)10-17(2)9-13-4-5-13/h12-14H,4-11H2,1-3H3,(H,16,19). The molecule has 0 aromatic carbocycles. The van der Waals surface area contributed by atoms with Crippen LogP contribution in [-0.2, 0) is 4.74 Å². The van der Waals surface area contributed by atoms with Crippen LogP contribution in [0.2, 0.25) is 0 Å². The van der Waals surface area contributed by atoms with E-state index in [0.717, 1.165) is 25.6 Å². The molecule has 1 saturated heterocycles. The third-order valence-corrected chi connectivity index (χ3v) is 5.12. The quantitative estimate of drug-likeness (QED) is 0.773. The van der Waals surface area contributed by atoms with E-state index in [0.29, 0.717) is 24.9 Å².